The van der Waals surface area contributed by atoms with Gasteiger partial charge in [-0.25, -0.2) is 4.79 Å². The number of ether oxygens (including phenoxy) is 1. The van der Waals surface area contributed by atoms with Crippen LogP contribution in [-0.2, 0) is 18.2 Å². The first-order chi connectivity index (χ1) is 11.7. The summed E-state index contributed by atoms with van der Waals surface area (Å²) in [4.78, 5) is 13.1. The molecule has 0 aliphatic carbocycles. The number of hydrogen-bond acceptors (Lipinski definition) is 5. The van der Waals surface area contributed by atoms with Gasteiger partial charge in [-0.05, 0) is 38.3 Å². The lowest BCUT2D eigenvalue weighted by Gasteiger charge is -2.24. The number of hydrogen-bond donors (Lipinski definition) is 2. The zero-order chi connectivity index (χ0) is 18.7. The third-order valence-corrected chi connectivity index (χ3v) is 10.3. The molecule has 0 bridgehead atoms. The zero-order valence-electron chi connectivity index (χ0n) is 15.2. The Kier molecular flexibility index (Phi) is 6.82. The molecule has 1 heterocycles. The Morgan fingerprint density at radius 1 is 1.44 bits per heavy atom. The van der Waals surface area contributed by atoms with Crippen LogP contribution in [0.5, 0.6) is 5.75 Å². The van der Waals surface area contributed by atoms with E-state index >= 15 is 0 Å². The van der Waals surface area contributed by atoms with Gasteiger partial charge in [0.05, 0.1) is 11.6 Å². The first kappa shape index (κ1) is 20.6. The minimum Gasteiger partial charge on any atom is -0.485 e. The summed E-state index contributed by atoms with van der Waals surface area (Å²) in [5, 5.41) is 9.66. The van der Waals surface area contributed by atoms with Gasteiger partial charge in [0, 0.05) is 18.3 Å². The van der Waals surface area contributed by atoms with Crippen molar-refractivity contribution in [1.82, 2.24) is 4.72 Å². The number of anilines is 1. The molecule has 1 aliphatic heterocycles. The molecule has 140 valence electrons. The molecule has 0 unspecified atom stereocenters. The number of carboxylic acid groups (broad SMARTS) is 1. The predicted molar refractivity (Wildman–Crippen MR) is 111 cm³/mol. The van der Waals surface area contributed by atoms with Gasteiger partial charge in [-0.2, -0.15) is 0 Å². The highest BCUT2D eigenvalue weighted by molar-refractivity contribution is 8.14. The standard InChI is InChI=1S/C17H27N2O3PS2/c1-5-23(24,6-2)11-18-25-12-19(16(20)21)14-9-7-8-13-10-17(3,4)22-15(13)14/h7-9,18H,5-6,10-12H2,1-4H3,(H,20,21). The van der Waals surface area contributed by atoms with Crippen LogP contribution in [-0.4, -0.2) is 41.3 Å². The lowest BCUT2D eigenvalue weighted by atomic mass is 10.0. The van der Waals surface area contributed by atoms with E-state index in [9.17, 15) is 9.90 Å². The molecular formula is C17H27N2O3PS2. The summed E-state index contributed by atoms with van der Waals surface area (Å²) in [5.41, 5.74) is 1.36. The third-order valence-electron chi connectivity index (χ3n) is 4.39. The van der Waals surface area contributed by atoms with E-state index in [2.05, 4.69) is 18.6 Å². The average molecular weight is 403 g/mol. The second-order valence-electron chi connectivity index (χ2n) is 6.78. The molecule has 5 nitrogen and oxygen atoms in total. The van der Waals surface area contributed by atoms with Crippen LogP contribution in [0.4, 0.5) is 10.5 Å². The molecule has 2 rings (SSSR count). The second kappa shape index (κ2) is 8.30. The summed E-state index contributed by atoms with van der Waals surface area (Å²) in [6.07, 6.45) is 2.62. The van der Waals surface area contributed by atoms with Crippen molar-refractivity contribution in [1.29, 1.82) is 0 Å². The van der Waals surface area contributed by atoms with Gasteiger partial charge in [-0.15, -0.1) is 0 Å². The van der Waals surface area contributed by atoms with E-state index in [-0.39, 0.29) is 5.60 Å². The maximum absolute atomic E-state index is 11.8. The highest BCUT2D eigenvalue weighted by Gasteiger charge is 2.34. The predicted octanol–water partition coefficient (Wildman–Crippen LogP) is 4.56. The van der Waals surface area contributed by atoms with Crippen molar-refractivity contribution in [2.45, 2.75) is 39.7 Å². The monoisotopic (exact) mass is 402 g/mol. The molecule has 0 saturated heterocycles. The van der Waals surface area contributed by atoms with Crippen LogP contribution in [0.1, 0.15) is 33.3 Å². The number of carbonyl (C=O) groups is 1. The maximum Gasteiger partial charge on any atom is 0.412 e. The van der Waals surface area contributed by atoms with Crippen molar-refractivity contribution in [3.8, 4) is 5.75 Å². The first-order valence-electron chi connectivity index (χ1n) is 8.44. The molecule has 1 aromatic rings. The van der Waals surface area contributed by atoms with Gasteiger partial charge in [-0.3, -0.25) is 9.62 Å². The number of para-hydroxylation sites is 1. The highest BCUT2D eigenvalue weighted by Crippen LogP contribution is 2.44. The summed E-state index contributed by atoms with van der Waals surface area (Å²) in [5.74, 6) is 0.973. The number of benzene rings is 1. The Labute approximate surface area is 159 Å². The molecule has 0 radical (unpaired) electrons. The van der Waals surface area contributed by atoms with Crippen LogP contribution in [0, 0.1) is 0 Å². The van der Waals surface area contributed by atoms with E-state index in [1.54, 1.807) is 6.07 Å². The molecule has 2 N–H and O–H groups in total. The Morgan fingerprint density at radius 2 is 2.12 bits per heavy atom. The highest BCUT2D eigenvalue weighted by atomic mass is 32.4. The lowest BCUT2D eigenvalue weighted by molar-refractivity contribution is 0.138. The quantitative estimate of drug-likeness (QED) is 0.288. The molecular weight excluding hydrogens is 375 g/mol. The van der Waals surface area contributed by atoms with Gasteiger partial charge in [0.1, 0.15) is 11.4 Å². The molecule has 0 aromatic heterocycles. The SMILES string of the molecule is CCP(=S)(CC)CNSCN(C(=O)O)c1cccc2c1OC(C)(C)C2. The Bertz CT molecular complexity index is 674. The molecule has 25 heavy (non-hydrogen) atoms. The molecule has 0 spiro atoms. The van der Waals surface area contributed by atoms with Crippen molar-refractivity contribution < 1.29 is 14.6 Å². The van der Waals surface area contributed by atoms with Crippen LogP contribution >= 0.6 is 18.0 Å². The van der Waals surface area contributed by atoms with E-state index in [0.29, 0.717) is 17.3 Å². The van der Waals surface area contributed by atoms with Crippen LogP contribution in [0.15, 0.2) is 18.2 Å². The van der Waals surface area contributed by atoms with E-state index in [4.69, 9.17) is 16.5 Å². The number of nitrogens with zero attached hydrogens (tertiary/aromatic N) is 1. The van der Waals surface area contributed by atoms with E-state index < -0.39 is 12.1 Å². The molecule has 0 saturated carbocycles. The van der Waals surface area contributed by atoms with Gasteiger partial charge in [-0.1, -0.05) is 49.7 Å². The summed E-state index contributed by atoms with van der Waals surface area (Å²) in [6.45, 7) is 8.29. The summed E-state index contributed by atoms with van der Waals surface area (Å²) >= 11 is 7.09. The molecule has 1 aromatic carbocycles. The number of nitrogens with one attached hydrogen (secondary N) is 1. The summed E-state index contributed by atoms with van der Waals surface area (Å²) in [6, 6.07) is 4.33. The topological polar surface area (TPSA) is 61.8 Å². The van der Waals surface area contributed by atoms with Gasteiger partial charge in [0.15, 0.2) is 0 Å². The smallest absolute Gasteiger partial charge is 0.412 e. The summed E-state index contributed by atoms with van der Waals surface area (Å²) < 4.78 is 9.29. The van der Waals surface area contributed by atoms with E-state index in [0.717, 1.165) is 30.6 Å². The summed E-state index contributed by atoms with van der Waals surface area (Å²) in [7, 11) is 0. The van der Waals surface area contributed by atoms with Crippen LogP contribution in [0.2, 0.25) is 0 Å². The van der Waals surface area contributed by atoms with E-state index in [1.807, 2.05) is 26.0 Å². The van der Waals surface area contributed by atoms with Crippen LogP contribution in [0.3, 0.4) is 0 Å². The van der Waals surface area contributed by atoms with Crippen molar-refractivity contribution in [3.63, 3.8) is 0 Å². The Balaban J connectivity index is 2.07. The van der Waals surface area contributed by atoms with Gasteiger partial charge in [0.2, 0.25) is 0 Å². The first-order valence-corrected chi connectivity index (χ1v) is 12.8. The fraction of sp³-hybridized carbons (Fsp3) is 0.588. The van der Waals surface area contributed by atoms with E-state index in [1.165, 1.54) is 16.8 Å². The number of amides is 1. The van der Waals surface area contributed by atoms with Crippen molar-refractivity contribution in [2.75, 3.05) is 29.4 Å². The van der Waals surface area contributed by atoms with Crippen molar-refractivity contribution in [3.05, 3.63) is 23.8 Å². The van der Waals surface area contributed by atoms with Crippen LogP contribution < -0.4 is 14.4 Å². The fourth-order valence-electron chi connectivity index (χ4n) is 2.76. The second-order valence-corrected chi connectivity index (χ2v) is 13.6. The normalized spacial score (nSPS) is 15.5. The maximum atomic E-state index is 11.8. The van der Waals surface area contributed by atoms with Gasteiger partial charge >= 0.3 is 6.09 Å². The average Bonchev–Trinajstić information content (AvgIpc) is 2.88. The Morgan fingerprint density at radius 3 is 2.72 bits per heavy atom. The molecule has 0 atom stereocenters. The number of fused-ring (bicyclic) bond motifs is 1. The molecule has 0 fully saturated rings. The van der Waals surface area contributed by atoms with Crippen molar-refractivity contribution in [2.24, 2.45) is 0 Å². The lowest BCUT2D eigenvalue weighted by Crippen LogP contribution is -2.31. The minimum absolute atomic E-state index is 0.290. The molecule has 1 aliphatic rings. The van der Waals surface area contributed by atoms with Gasteiger partial charge in [0.25, 0.3) is 0 Å². The fourth-order valence-corrected chi connectivity index (χ4v) is 5.91. The molecule has 8 heteroatoms. The van der Waals surface area contributed by atoms with Crippen molar-refractivity contribution >= 4 is 41.6 Å². The Hall–Kier alpha value is -0.750. The largest absolute Gasteiger partial charge is 0.485 e. The molecule has 1 amide bonds. The van der Waals surface area contributed by atoms with Crippen LogP contribution in [0.25, 0.3) is 0 Å². The third kappa shape index (κ3) is 5.13. The van der Waals surface area contributed by atoms with Gasteiger partial charge < -0.3 is 9.84 Å². The minimum atomic E-state index is -1.36. The number of rotatable bonds is 8. The zero-order valence-corrected chi connectivity index (χ0v) is 17.8.